The minimum absolute atomic E-state index is 0.147. The van der Waals surface area contributed by atoms with Crippen LogP contribution in [0.1, 0.15) is 48.2 Å². The van der Waals surface area contributed by atoms with Crippen molar-refractivity contribution in [3.8, 4) is 0 Å². The third-order valence-corrected chi connectivity index (χ3v) is 7.16. The lowest BCUT2D eigenvalue weighted by atomic mass is 9.84. The van der Waals surface area contributed by atoms with Crippen LogP contribution in [-0.4, -0.2) is 74.2 Å². The SMILES string of the molecule is C[C@H](C(=O)N[C@@H]1CN(C(=O)c2cncc3cncn23)CC[C@H]1c1cc(F)cc(F)c1)N1CCCC1. The number of piperidine rings is 1. The summed E-state index contributed by atoms with van der Waals surface area (Å²) < 4.78 is 29.7. The van der Waals surface area contributed by atoms with E-state index in [0.29, 0.717) is 29.7 Å². The summed E-state index contributed by atoms with van der Waals surface area (Å²) >= 11 is 0. The van der Waals surface area contributed by atoms with E-state index in [4.69, 9.17) is 0 Å². The van der Waals surface area contributed by atoms with Crippen molar-refractivity contribution in [2.45, 2.75) is 44.2 Å². The standard InChI is InChI=1S/C25H28F2N6O2/c1-16(31-5-2-3-6-31)24(34)30-22-14-32(7-4-21(22)17-8-18(26)10-19(27)9-17)25(35)23-13-28-11-20-12-29-15-33(20)23/h8-13,15-16,21-22H,2-7,14H2,1H3,(H,30,34)/t16-,21+,22-/m1/s1. The number of amides is 2. The summed E-state index contributed by atoms with van der Waals surface area (Å²) in [6, 6.07) is 2.64. The minimum Gasteiger partial charge on any atom is -0.350 e. The summed E-state index contributed by atoms with van der Waals surface area (Å²) in [5, 5.41) is 3.10. The van der Waals surface area contributed by atoms with Gasteiger partial charge in [0, 0.05) is 25.1 Å². The highest BCUT2D eigenvalue weighted by Gasteiger charge is 2.36. The van der Waals surface area contributed by atoms with Crippen LogP contribution in [0.25, 0.3) is 5.52 Å². The zero-order valence-corrected chi connectivity index (χ0v) is 19.5. The second-order valence-electron chi connectivity index (χ2n) is 9.36. The number of hydrogen-bond acceptors (Lipinski definition) is 5. The topological polar surface area (TPSA) is 82.8 Å². The van der Waals surface area contributed by atoms with Crippen molar-refractivity contribution in [2.24, 2.45) is 0 Å². The zero-order valence-electron chi connectivity index (χ0n) is 19.5. The average molecular weight is 483 g/mol. The highest BCUT2D eigenvalue weighted by molar-refractivity contribution is 5.93. The van der Waals surface area contributed by atoms with Gasteiger partial charge in [-0.1, -0.05) is 0 Å². The van der Waals surface area contributed by atoms with Gasteiger partial charge in [0.2, 0.25) is 5.91 Å². The van der Waals surface area contributed by atoms with E-state index in [1.165, 1.54) is 18.3 Å². The fourth-order valence-electron chi connectivity index (χ4n) is 5.24. The first-order valence-electron chi connectivity index (χ1n) is 12.0. The number of hydrogen-bond donors (Lipinski definition) is 1. The molecule has 184 valence electrons. The van der Waals surface area contributed by atoms with Crippen molar-refractivity contribution in [2.75, 3.05) is 26.2 Å². The van der Waals surface area contributed by atoms with Crippen LogP contribution < -0.4 is 5.32 Å². The number of halogens is 2. The number of aromatic nitrogens is 3. The van der Waals surface area contributed by atoms with Crippen LogP contribution in [0.5, 0.6) is 0 Å². The molecule has 2 aromatic heterocycles. The number of benzene rings is 1. The van der Waals surface area contributed by atoms with E-state index in [2.05, 4.69) is 20.2 Å². The largest absolute Gasteiger partial charge is 0.350 e. The summed E-state index contributed by atoms with van der Waals surface area (Å²) in [6.45, 7) is 4.19. The molecule has 0 aliphatic carbocycles. The fourth-order valence-corrected chi connectivity index (χ4v) is 5.24. The van der Waals surface area contributed by atoms with Gasteiger partial charge in [0.05, 0.1) is 42.5 Å². The molecular weight excluding hydrogens is 454 g/mol. The lowest BCUT2D eigenvalue weighted by Crippen LogP contribution is -2.56. The number of nitrogens with one attached hydrogen (secondary N) is 1. The molecule has 0 radical (unpaired) electrons. The van der Waals surface area contributed by atoms with Crippen LogP contribution >= 0.6 is 0 Å². The van der Waals surface area contributed by atoms with Crippen LogP contribution in [0, 0.1) is 11.6 Å². The second-order valence-corrected chi connectivity index (χ2v) is 9.36. The van der Waals surface area contributed by atoms with E-state index in [-0.39, 0.29) is 30.3 Å². The van der Waals surface area contributed by atoms with Gasteiger partial charge >= 0.3 is 0 Å². The summed E-state index contributed by atoms with van der Waals surface area (Å²) in [4.78, 5) is 38.6. The quantitative estimate of drug-likeness (QED) is 0.605. The van der Waals surface area contributed by atoms with E-state index < -0.39 is 17.7 Å². The number of nitrogens with zero attached hydrogens (tertiary/aromatic N) is 5. The molecule has 35 heavy (non-hydrogen) atoms. The van der Waals surface area contributed by atoms with Crippen molar-refractivity contribution >= 4 is 17.3 Å². The second kappa shape index (κ2) is 9.69. The Labute approximate surface area is 202 Å². The van der Waals surface area contributed by atoms with Crippen LogP contribution in [0.15, 0.2) is 43.1 Å². The number of imidazole rings is 1. The molecule has 2 aliphatic rings. The molecule has 5 rings (SSSR count). The fraction of sp³-hybridized carbons (Fsp3) is 0.440. The molecule has 0 unspecified atom stereocenters. The average Bonchev–Trinajstić information content (AvgIpc) is 3.54. The summed E-state index contributed by atoms with van der Waals surface area (Å²) in [6.07, 6.45) is 8.86. The maximum atomic E-state index is 14.0. The Kier molecular flexibility index (Phi) is 6.46. The van der Waals surface area contributed by atoms with Crippen LogP contribution in [0.2, 0.25) is 0 Å². The minimum atomic E-state index is -0.660. The monoisotopic (exact) mass is 482 g/mol. The summed E-state index contributed by atoms with van der Waals surface area (Å²) in [5.41, 5.74) is 1.54. The van der Waals surface area contributed by atoms with Crippen molar-refractivity contribution in [3.63, 3.8) is 0 Å². The Morgan fingerprint density at radius 3 is 2.49 bits per heavy atom. The van der Waals surface area contributed by atoms with Gasteiger partial charge < -0.3 is 10.2 Å². The lowest BCUT2D eigenvalue weighted by Gasteiger charge is -2.40. The molecule has 0 spiro atoms. The normalized spacial score (nSPS) is 21.9. The van der Waals surface area contributed by atoms with Gasteiger partial charge in [0.15, 0.2) is 0 Å². The molecule has 0 saturated carbocycles. The third kappa shape index (κ3) is 4.75. The zero-order chi connectivity index (χ0) is 24.5. The molecule has 1 aromatic carbocycles. The highest BCUT2D eigenvalue weighted by atomic mass is 19.1. The molecule has 0 bridgehead atoms. The Balaban J connectivity index is 1.41. The van der Waals surface area contributed by atoms with Crippen LogP contribution in [-0.2, 0) is 4.79 Å². The maximum Gasteiger partial charge on any atom is 0.272 e. The molecular formula is C25H28F2N6O2. The van der Waals surface area contributed by atoms with Gasteiger partial charge in [0.25, 0.3) is 5.91 Å². The van der Waals surface area contributed by atoms with Gasteiger partial charge in [-0.25, -0.2) is 13.8 Å². The number of likely N-dealkylation sites (tertiary alicyclic amines) is 2. The van der Waals surface area contributed by atoms with Crippen LogP contribution in [0.3, 0.4) is 0 Å². The molecule has 4 heterocycles. The predicted molar refractivity (Wildman–Crippen MR) is 125 cm³/mol. The number of carbonyl (C=O) groups is 2. The summed E-state index contributed by atoms with van der Waals surface area (Å²) in [7, 11) is 0. The van der Waals surface area contributed by atoms with E-state index in [1.807, 2.05) is 6.92 Å². The molecule has 2 saturated heterocycles. The smallest absolute Gasteiger partial charge is 0.272 e. The van der Waals surface area contributed by atoms with E-state index >= 15 is 0 Å². The number of fused-ring (bicyclic) bond motifs is 1. The molecule has 8 nitrogen and oxygen atoms in total. The Morgan fingerprint density at radius 2 is 1.74 bits per heavy atom. The predicted octanol–water partition coefficient (Wildman–Crippen LogP) is 2.61. The van der Waals surface area contributed by atoms with Crippen molar-refractivity contribution in [3.05, 3.63) is 66.0 Å². The van der Waals surface area contributed by atoms with Gasteiger partial charge in [-0.15, -0.1) is 0 Å². The maximum absolute atomic E-state index is 14.0. The first kappa shape index (κ1) is 23.3. The molecule has 2 amide bonds. The van der Waals surface area contributed by atoms with Crippen LogP contribution in [0.4, 0.5) is 8.78 Å². The van der Waals surface area contributed by atoms with E-state index in [0.717, 1.165) is 32.0 Å². The lowest BCUT2D eigenvalue weighted by molar-refractivity contribution is -0.126. The number of carbonyl (C=O) groups excluding carboxylic acids is 2. The first-order chi connectivity index (χ1) is 16.9. The first-order valence-corrected chi connectivity index (χ1v) is 12.0. The van der Waals surface area contributed by atoms with Gasteiger partial charge in [0.1, 0.15) is 17.3 Å². The van der Waals surface area contributed by atoms with Crippen molar-refractivity contribution in [1.29, 1.82) is 0 Å². The number of rotatable bonds is 5. The molecule has 3 atom stereocenters. The molecule has 10 heteroatoms. The van der Waals surface area contributed by atoms with Gasteiger partial charge in [-0.2, -0.15) is 0 Å². The van der Waals surface area contributed by atoms with Gasteiger partial charge in [-0.3, -0.25) is 23.9 Å². The Hall–Kier alpha value is -3.40. The highest BCUT2D eigenvalue weighted by Crippen LogP contribution is 2.31. The molecule has 1 N–H and O–H groups in total. The Bertz CT molecular complexity index is 1220. The third-order valence-electron chi connectivity index (χ3n) is 7.16. The molecule has 3 aromatic rings. The molecule has 2 aliphatic heterocycles. The summed E-state index contributed by atoms with van der Waals surface area (Å²) in [5.74, 6) is -2.04. The van der Waals surface area contributed by atoms with Crippen molar-refractivity contribution < 1.29 is 18.4 Å². The molecule has 2 fully saturated rings. The Morgan fingerprint density at radius 1 is 1.03 bits per heavy atom. The van der Waals surface area contributed by atoms with E-state index in [9.17, 15) is 18.4 Å². The van der Waals surface area contributed by atoms with Crippen molar-refractivity contribution in [1.82, 2.24) is 29.5 Å². The van der Waals surface area contributed by atoms with Gasteiger partial charge in [-0.05, 0) is 57.0 Å². The van der Waals surface area contributed by atoms with E-state index in [1.54, 1.807) is 28.0 Å².